The van der Waals surface area contributed by atoms with Gasteiger partial charge in [0.1, 0.15) is 6.61 Å². The van der Waals surface area contributed by atoms with Gasteiger partial charge < -0.3 is 10.5 Å². The zero-order valence-corrected chi connectivity index (χ0v) is 7.51. The van der Waals surface area contributed by atoms with Crippen molar-refractivity contribution in [2.75, 3.05) is 6.61 Å². The summed E-state index contributed by atoms with van der Waals surface area (Å²) in [6, 6.07) is 0. The maximum Gasteiger partial charge on any atom is 0.312 e. The van der Waals surface area contributed by atoms with Crippen LogP contribution in [0.1, 0.15) is 20.8 Å². The molecule has 1 heterocycles. The van der Waals surface area contributed by atoms with E-state index < -0.39 is 16.7 Å². The Morgan fingerprint density at radius 2 is 2.00 bits per heavy atom. The van der Waals surface area contributed by atoms with Gasteiger partial charge in [-0.3, -0.25) is 9.59 Å². The molecule has 0 aromatic rings. The number of amides is 1. The third-order valence-electron chi connectivity index (χ3n) is 2.93. The van der Waals surface area contributed by atoms with Gasteiger partial charge in [0, 0.05) is 0 Å². The summed E-state index contributed by atoms with van der Waals surface area (Å²) < 4.78 is 4.81. The van der Waals surface area contributed by atoms with E-state index in [2.05, 4.69) is 0 Å². The highest BCUT2D eigenvalue weighted by atomic mass is 16.5. The van der Waals surface area contributed by atoms with Crippen molar-refractivity contribution in [3.63, 3.8) is 0 Å². The van der Waals surface area contributed by atoms with Crippen LogP contribution >= 0.6 is 0 Å². The maximum atomic E-state index is 11.2. The van der Waals surface area contributed by atoms with E-state index >= 15 is 0 Å². The lowest BCUT2D eigenvalue weighted by molar-refractivity contribution is -0.146. The molecule has 68 valence electrons. The Kier molecular flexibility index (Phi) is 1.67. The third-order valence-corrected chi connectivity index (χ3v) is 2.93. The molecule has 4 heteroatoms. The first-order chi connectivity index (χ1) is 5.32. The second-order valence-electron chi connectivity index (χ2n) is 3.90. The van der Waals surface area contributed by atoms with Crippen LogP contribution in [0.4, 0.5) is 0 Å². The fourth-order valence-corrected chi connectivity index (χ4v) is 1.18. The van der Waals surface area contributed by atoms with Gasteiger partial charge >= 0.3 is 5.97 Å². The summed E-state index contributed by atoms with van der Waals surface area (Å²) in [5.41, 5.74) is 3.52. The summed E-state index contributed by atoms with van der Waals surface area (Å²) in [7, 11) is 0. The quantitative estimate of drug-likeness (QED) is 0.567. The van der Waals surface area contributed by atoms with Crippen LogP contribution in [-0.4, -0.2) is 18.5 Å². The molecule has 1 atom stereocenters. The third kappa shape index (κ3) is 0.838. The normalized spacial score (nSPS) is 33.1. The lowest BCUT2D eigenvalue weighted by Gasteiger charge is -2.29. The highest BCUT2D eigenvalue weighted by molar-refractivity contribution is 5.92. The van der Waals surface area contributed by atoms with Crippen LogP contribution in [0.25, 0.3) is 0 Å². The van der Waals surface area contributed by atoms with Crippen LogP contribution in [0.2, 0.25) is 0 Å². The molecule has 0 aromatic carbocycles. The van der Waals surface area contributed by atoms with Gasteiger partial charge in [0.05, 0.1) is 10.8 Å². The fourth-order valence-electron chi connectivity index (χ4n) is 1.18. The van der Waals surface area contributed by atoms with E-state index in [1.807, 2.05) is 0 Å². The van der Waals surface area contributed by atoms with Crippen molar-refractivity contribution in [1.82, 2.24) is 0 Å². The monoisotopic (exact) mass is 171 g/mol. The van der Waals surface area contributed by atoms with Gasteiger partial charge in [0.15, 0.2) is 0 Å². The number of ether oxygens (including phenoxy) is 1. The minimum atomic E-state index is -0.871. The van der Waals surface area contributed by atoms with Gasteiger partial charge in [-0.05, 0) is 20.8 Å². The molecular weight excluding hydrogens is 158 g/mol. The minimum absolute atomic E-state index is 0.0914. The van der Waals surface area contributed by atoms with Gasteiger partial charge in [-0.1, -0.05) is 0 Å². The van der Waals surface area contributed by atoms with E-state index in [1.165, 1.54) is 0 Å². The van der Waals surface area contributed by atoms with E-state index in [-0.39, 0.29) is 12.6 Å². The number of rotatable bonds is 1. The summed E-state index contributed by atoms with van der Waals surface area (Å²) in [6.07, 6.45) is 0. The molecule has 1 amide bonds. The average Bonchev–Trinajstić information content (AvgIpc) is 2.15. The lowest BCUT2D eigenvalue weighted by Crippen LogP contribution is -2.46. The first kappa shape index (κ1) is 9.03. The summed E-state index contributed by atoms with van der Waals surface area (Å²) in [4.78, 5) is 22.3. The van der Waals surface area contributed by atoms with Gasteiger partial charge in [-0.25, -0.2) is 0 Å². The second-order valence-corrected chi connectivity index (χ2v) is 3.90. The summed E-state index contributed by atoms with van der Waals surface area (Å²) in [5, 5.41) is 0. The Labute approximate surface area is 71.1 Å². The zero-order valence-electron chi connectivity index (χ0n) is 7.51. The topological polar surface area (TPSA) is 69.4 Å². The molecule has 1 rings (SSSR count). The van der Waals surface area contributed by atoms with Gasteiger partial charge in [-0.2, -0.15) is 0 Å². The van der Waals surface area contributed by atoms with Crippen LogP contribution in [0.3, 0.4) is 0 Å². The van der Waals surface area contributed by atoms with E-state index in [0.717, 1.165) is 0 Å². The van der Waals surface area contributed by atoms with Crippen LogP contribution in [-0.2, 0) is 14.3 Å². The van der Waals surface area contributed by atoms with E-state index in [4.69, 9.17) is 10.5 Å². The summed E-state index contributed by atoms with van der Waals surface area (Å²) >= 11 is 0. The van der Waals surface area contributed by atoms with Crippen LogP contribution in [0, 0.1) is 10.8 Å². The van der Waals surface area contributed by atoms with Crippen molar-refractivity contribution < 1.29 is 14.3 Å². The molecule has 1 fully saturated rings. The average molecular weight is 171 g/mol. The predicted molar refractivity (Wildman–Crippen MR) is 42.0 cm³/mol. The molecule has 1 aliphatic heterocycles. The van der Waals surface area contributed by atoms with E-state index in [0.29, 0.717) is 0 Å². The van der Waals surface area contributed by atoms with Crippen molar-refractivity contribution in [2.45, 2.75) is 20.8 Å². The molecule has 0 aromatic heterocycles. The SMILES string of the molecule is CC1(C)C(=O)OCC1(C)C(N)=O. The number of nitrogens with two attached hydrogens (primary N) is 1. The molecular formula is C8H13NO3. The standard InChI is InChI=1S/C8H13NO3/c1-7(2)6(11)12-4-8(7,3)5(9)10/h4H2,1-3H3,(H2,9,10). The van der Waals surface area contributed by atoms with Crippen molar-refractivity contribution >= 4 is 11.9 Å². The highest BCUT2D eigenvalue weighted by Gasteiger charge is 2.57. The Bertz CT molecular complexity index is 247. The molecule has 1 saturated heterocycles. The molecule has 0 aliphatic carbocycles. The number of carbonyl (C=O) groups excluding carboxylic acids is 2. The van der Waals surface area contributed by atoms with Crippen LogP contribution < -0.4 is 5.73 Å². The van der Waals surface area contributed by atoms with Gasteiger partial charge in [-0.15, -0.1) is 0 Å². The first-order valence-corrected chi connectivity index (χ1v) is 3.79. The largest absolute Gasteiger partial charge is 0.464 e. The smallest absolute Gasteiger partial charge is 0.312 e. The maximum absolute atomic E-state index is 11.2. The molecule has 1 unspecified atom stereocenters. The van der Waals surface area contributed by atoms with Crippen molar-refractivity contribution in [3.05, 3.63) is 0 Å². The van der Waals surface area contributed by atoms with Crippen LogP contribution in [0.5, 0.6) is 0 Å². The number of cyclic esters (lactones) is 1. The molecule has 0 radical (unpaired) electrons. The van der Waals surface area contributed by atoms with E-state index in [1.54, 1.807) is 20.8 Å². The molecule has 4 nitrogen and oxygen atoms in total. The Morgan fingerprint density at radius 1 is 1.50 bits per heavy atom. The number of primary amides is 1. The Morgan fingerprint density at radius 3 is 2.17 bits per heavy atom. The van der Waals surface area contributed by atoms with Gasteiger partial charge in [0.25, 0.3) is 0 Å². The van der Waals surface area contributed by atoms with Crippen molar-refractivity contribution in [3.8, 4) is 0 Å². The number of carbonyl (C=O) groups is 2. The van der Waals surface area contributed by atoms with Crippen LogP contribution in [0.15, 0.2) is 0 Å². The van der Waals surface area contributed by atoms with Gasteiger partial charge in [0.2, 0.25) is 5.91 Å². The fraction of sp³-hybridized carbons (Fsp3) is 0.750. The second kappa shape index (κ2) is 2.21. The van der Waals surface area contributed by atoms with E-state index in [9.17, 15) is 9.59 Å². The predicted octanol–water partition coefficient (Wildman–Crippen LogP) is 0.0610. The molecule has 0 spiro atoms. The number of esters is 1. The molecule has 0 saturated carbocycles. The molecule has 0 bridgehead atoms. The van der Waals surface area contributed by atoms with Crippen molar-refractivity contribution in [2.24, 2.45) is 16.6 Å². The number of hydrogen-bond acceptors (Lipinski definition) is 3. The first-order valence-electron chi connectivity index (χ1n) is 3.79. The Balaban J connectivity index is 3.10. The van der Waals surface area contributed by atoms with Crippen molar-refractivity contribution in [1.29, 1.82) is 0 Å². The molecule has 2 N–H and O–H groups in total. The highest BCUT2D eigenvalue weighted by Crippen LogP contribution is 2.44. The molecule has 12 heavy (non-hydrogen) atoms. The molecule has 1 aliphatic rings. The summed E-state index contributed by atoms with van der Waals surface area (Å²) in [5.74, 6) is -0.845. The lowest BCUT2D eigenvalue weighted by atomic mass is 9.68. The Hall–Kier alpha value is -1.06. The number of hydrogen-bond donors (Lipinski definition) is 1. The summed E-state index contributed by atoms with van der Waals surface area (Å²) in [6.45, 7) is 5.09. The minimum Gasteiger partial charge on any atom is -0.464 e. The zero-order chi connectivity index (χ0) is 9.57.